The Balaban J connectivity index is 1.52. The van der Waals surface area contributed by atoms with Gasteiger partial charge in [-0.15, -0.1) is 0 Å². The summed E-state index contributed by atoms with van der Waals surface area (Å²) in [5, 5.41) is 6.23. The number of rotatable bonds is 6. The summed E-state index contributed by atoms with van der Waals surface area (Å²) in [6.45, 7) is 3.26. The smallest absolute Gasteiger partial charge is 0.127 e. The van der Waals surface area contributed by atoms with Crippen molar-refractivity contribution >= 4 is 22.4 Å². The van der Waals surface area contributed by atoms with Gasteiger partial charge >= 0.3 is 0 Å². The van der Waals surface area contributed by atoms with Gasteiger partial charge in [-0.05, 0) is 25.0 Å². The maximum Gasteiger partial charge on any atom is 0.127 e. The van der Waals surface area contributed by atoms with Gasteiger partial charge in [0.25, 0.3) is 0 Å². The van der Waals surface area contributed by atoms with Gasteiger partial charge in [0, 0.05) is 35.5 Å². The highest BCUT2D eigenvalue weighted by Gasteiger charge is 2.14. The van der Waals surface area contributed by atoms with Crippen molar-refractivity contribution in [3.8, 4) is 5.75 Å². The number of hydrogen-bond donors (Lipinski definition) is 1. The SMILES string of the molecule is Clc1ccc(OCCNC[C@@H]2CCCO2)c2ccccc12. The molecule has 0 saturated carbocycles. The molecular formula is C17H20ClNO2. The van der Waals surface area contributed by atoms with Gasteiger partial charge in [0.2, 0.25) is 0 Å². The second-order valence-electron chi connectivity index (χ2n) is 5.28. The number of hydrogen-bond acceptors (Lipinski definition) is 3. The minimum absolute atomic E-state index is 0.376. The first kappa shape index (κ1) is 14.6. The fourth-order valence-electron chi connectivity index (χ4n) is 2.66. The molecule has 0 bridgehead atoms. The number of fused-ring (bicyclic) bond motifs is 1. The van der Waals surface area contributed by atoms with E-state index in [1.807, 2.05) is 36.4 Å². The minimum Gasteiger partial charge on any atom is -0.492 e. The van der Waals surface area contributed by atoms with Crippen LogP contribution in [0.3, 0.4) is 0 Å². The third-order valence-electron chi connectivity index (χ3n) is 3.76. The van der Waals surface area contributed by atoms with Crippen LogP contribution < -0.4 is 10.1 Å². The lowest BCUT2D eigenvalue weighted by atomic mass is 10.1. The summed E-state index contributed by atoms with van der Waals surface area (Å²) >= 11 is 6.20. The summed E-state index contributed by atoms with van der Waals surface area (Å²) in [5.41, 5.74) is 0. The van der Waals surface area contributed by atoms with Gasteiger partial charge in [-0.1, -0.05) is 35.9 Å². The summed E-state index contributed by atoms with van der Waals surface area (Å²) in [5.74, 6) is 0.883. The molecule has 0 aromatic heterocycles. The van der Waals surface area contributed by atoms with E-state index in [0.717, 1.165) is 47.7 Å². The molecule has 1 aliphatic heterocycles. The van der Waals surface area contributed by atoms with Gasteiger partial charge in [0.1, 0.15) is 12.4 Å². The summed E-state index contributed by atoms with van der Waals surface area (Å²) < 4.78 is 11.4. The number of halogens is 1. The molecule has 0 aliphatic carbocycles. The van der Waals surface area contributed by atoms with Crippen molar-refractivity contribution in [3.05, 3.63) is 41.4 Å². The van der Waals surface area contributed by atoms with Crippen LogP contribution in [-0.4, -0.2) is 32.4 Å². The minimum atomic E-state index is 0.376. The van der Waals surface area contributed by atoms with E-state index < -0.39 is 0 Å². The summed E-state index contributed by atoms with van der Waals surface area (Å²) in [6, 6.07) is 11.9. The van der Waals surface area contributed by atoms with Crippen LogP contribution in [0.25, 0.3) is 10.8 Å². The second-order valence-corrected chi connectivity index (χ2v) is 5.69. The molecule has 1 aliphatic rings. The molecule has 0 spiro atoms. The number of ether oxygens (including phenoxy) is 2. The van der Waals surface area contributed by atoms with Crippen LogP contribution in [-0.2, 0) is 4.74 Å². The summed E-state index contributed by atoms with van der Waals surface area (Å²) in [4.78, 5) is 0. The van der Waals surface area contributed by atoms with Crippen molar-refractivity contribution in [1.82, 2.24) is 5.32 Å². The largest absolute Gasteiger partial charge is 0.492 e. The van der Waals surface area contributed by atoms with Crippen molar-refractivity contribution < 1.29 is 9.47 Å². The Bertz CT molecular complexity index is 596. The topological polar surface area (TPSA) is 30.5 Å². The van der Waals surface area contributed by atoms with E-state index in [4.69, 9.17) is 21.1 Å². The normalized spacial score (nSPS) is 18.2. The van der Waals surface area contributed by atoms with E-state index in [1.165, 1.54) is 6.42 Å². The van der Waals surface area contributed by atoms with Gasteiger partial charge in [-0.25, -0.2) is 0 Å². The molecule has 1 saturated heterocycles. The fraction of sp³-hybridized carbons (Fsp3) is 0.412. The van der Waals surface area contributed by atoms with E-state index in [2.05, 4.69) is 5.32 Å². The Hall–Kier alpha value is -1.29. The predicted octanol–water partition coefficient (Wildman–Crippen LogP) is 3.64. The Morgan fingerprint density at radius 2 is 2.05 bits per heavy atom. The molecule has 3 rings (SSSR count). The van der Waals surface area contributed by atoms with Gasteiger partial charge in [0.15, 0.2) is 0 Å². The highest BCUT2D eigenvalue weighted by molar-refractivity contribution is 6.35. The first-order valence-electron chi connectivity index (χ1n) is 7.47. The maximum absolute atomic E-state index is 6.20. The molecule has 1 fully saturated rings. The molecule has 1 heterocycles. The monoisotopic (exact) mass is 305 g/mol. The zero-order valence-corrected chi connectivity index (χ0v) is 12.7. The lowest BCUT2D eigenvalue weighted by molar-refractivity contribution is 0.109. The summed E-state index contributed by atoms with van der Waals surface area (Å²) in [7, 11) is 0. The molecular weight excluding hydrogens is 286 g/mol. The van der Waals surface area contributed by atoms with Crippen LogP contribution in [0.4, 0.5) is 0 Å². The zero-order chi connectivity index (χ0) is 14.5. The molecule has 0 radical (unpaired) electrons. The molecule has 0 amide bonds. The standard InChI is InChI=1S/C17H20ClNO2/c18-16-7-8-17(15-6-2-1-5-14(15)16)21-11-9-19-12-13-4-3-10-20-13/h1-2,5-8,13,19H,3-4,9-12H2/t13-/m0/s1. The second kappa shape index (κ2) is 7.12. The molecule has 4 heteroatoms. The number of nitrogens with one attached hydrogen (secondary N) is 1. The zero-order valence-electron chi connectivity index (χ0n) is 12.0. The van der Waals surface area contributed by atoms with Crippen LogP contribution in [0.1, 0.15) is 12.8 Å². The molecule has 112 valence electrons. The average molecular weight is 306 g/mol. The maximum atomic E-state index is 6.20. The lowest BCUT2D eigenvalue weighted by Gasteiger charge is -2.13. The van der Waals surface area contributed by atoms with Crippen molar-refractivity contribution in [2.45, 2.75) is 18.9 Å². The third kappa shape index (κ3) is 3.67. The van der Waals surface area contributed by atoms with Gasteiger partial charge in [0.05, 0.1) is 6.10 Å². The fourth-order valence-corrected chi connectivity index (χ4v) is 2.89. The van der Waals surface area contributed by atoms with Crippen LogP contribution in [0.15, 0.2) is 36.4 Å². The van der Waals surface area contributed by atoms with Crippen molar-refractivity contribution in [3.63, 3.8) is 0 Å². The molecule has 1 atom stereocenters. The van der Waals surface area contributed by atoms with E-state index in [1.54, 1.807) is 0 Å². The quantitative estimate of drug-likeness (QED) is 0.827. The van der Waals surface area contributed by atoms with E-state index in [9.17, 15) is 0 Å². The van der Waals surface area contributed by atoms with E-state index in [0.29, 0.717) is 12.7 Å². The average Bonchev–Trinajstić information content (AvgIpc) is 3.03. The number of benzene rings is 2. The van der Waals surface area contributed by atoms with Crippen molar-refractivity contribution in [1.29, 1.82) is 0 Å². The van der Waals surface area contributed by atoms with Gasteiger partial charge in [-0.2, -0.15) is 0 Å². The van der Waals surface area contributed by atoms with Gasteiger partial charge < -0.3 is 14.8 Å². The highest BCUT2D eigenvalue weighted by Crippen LogP contribution is 2.31. The Morgan fingerprint density at radius 1 is 1.19 bits per heavy atom. The third-order valence-corrected chi connectivity index (χ3v) is 4.09. The molecule has 3 nitrogen and oxygen atoms in total. The Kier molecular flexibility index (Phi) is 4.96. The van der Waals surface area contributed by atoms with Gasteiger partial charge in [-0.3, -0.25) is 0 Å². The summed E-state index contributed by atoms with van der Waals surface area (Å²) in [6.07, 6.45) is 2.72. The van der Waals surface area contributed by atoms with Crippen molar-refractivity contribution in [2.75, 3.05) is 26.3 Å². The van der Waals surface area contributed by atoms with Crippen LogP contribution in [0.2, 0.25) is 5.02 Å². The van der Waals surface area contributed by atoms with E-state index >= 15 is 0 Å². The molecule has 0 unspecified atom stereocenters. The predicted molar refractivity (Wildman–Crippen MR) is 86.3 cm³/mol. The van der Waals surface area contributed by atoms with Crippen LogP contribution >= 0.6 is 11.6 Å². The van der Waals surface area contributed by atoms with E-state index in [-0.39, 0.29) is 0 Å². The molecule has 2 aromatic rings. The van der Waals surface area contributed by atoms with Crippen molar-refractivity contribution in [2.24, 2.45) is 0 Å². The van der Waals surface area contributed by atoms with Crippen LogP contribution in [0, 0.1) is 0 Å². The first-order chi connectivity index (χ1) is 10.3. The highest BCUT2D eigenvalue weighted by atomic mass is 35.5. The molecule has 2 aromatic carbocycles. The molecule has 1 N–H and O–H groups in total. The Morgan fingerprint density at radius 3 is 2.86 bits per heavy atom. The first-order valence-corrected chi connectivity index (χ1v) is 7.85. The molecule has 21 heavy (non-hydrogen) atoms. The Labute approximate surface area is 130 Å². The lowest BCUT2D eigenvalue weighted by Crippen LogP contribution is -2.29. The van der Waals surface area contributed by atoms with Crippen LogP contribution in [0.5, 0.6) is 5.75 Å².